The van der Waals surface area contributed by atoms with E-state index in [1.807, 2.05) is 24.4 Å². The summed E-state index contributed by atoms with van der Waals surface area (Å²) in [5.41, 5.74) is 1.02. The van der Waals surface area contributed by atoms with Crippen molar-refractivity contribution in [2.45, 2.75) is 19.9 Å². The van der Waals surface area contributed by atoms with Crippen LogP contribution in [0, 0.1) is 0 Å². The fraction of sp³-hybridized carbons (Fsp3) is 0.357. The van der Waals surface area contributed by atoms with E-state index in [2.05, 4.69) is 40.1 Å². The fourth-order valence-electron chi connectivity index (χ4n) is 1.87. The van der Waals surface area contributed by atoms with Crippen molar-refractivity contribution in [3.05, 3.63) is 33.7 Å². The molecule has 0 saturated carbocycles. The summed E-state index contributed by atoms with van der Waals surface area (Å²) in [6.45, 7) is 5.21. The number of rotatable bonds is 5. The second kappa shape index (κ2) is 6.50. The minimum Gasteiger partial charge on any atom is -0.496 e. The van der Waals surface area contributed by atoms with E-state index in [9.17, 15) is 0 Å². The lowest BCUT2D eigenvalue weighted by atomic mass is 10.2. The SMILES string of the molecule is CCNC(C)c1cnc(-c2cc(Br)ccc2OC)s1. The molecule has 0 saturated heterocycles. The summed E-state index contributed by atoms with van der Waals surface area (Å²) in [5.74, 6) is 0.847. The number of ether oxygens (including phenoxy) is 1. The molecule has 0 aliphatic heterocycles. The average molecular weight is 341 g/mol. The highest BCUT2D eigenvalue weighted by Crippen LogP contribution is 2.36. The highest BCUT2D eigenvalue weighted by atomic mass is 79.9. The molecular weight excluding hydrogens is 324 g/mol. The van der Waals surface area contributed by atoms with Crippen LogP contribution < -0.4 is 10.1 Å². The lowest BCUT2D eigenvalue weighted by molar-refractivity contribution is 0.416. The number of hydrogen-bond donors (Lipinski definition) is 1. The number of nitrogens with one attached hydrogen (secondary N) is 1. The molecule has 0 fully saturated rings. The molecule has 102 valence electrons. The zero-order valence-electron chi connectivity index (χ0n) is 11.2. The summed E-state index contributed by atoms with van der Waals surface area (Å²) in [6, 6.07) is 6.29. The lowest BCUT2D eigenvalue weighted by Crippen LogP contribution is -2.16. The van der Waals surface area contributed by atoms with Crippen LogP contribution >= 0.6 is 27.3 Å². The van der Waals surface area contributed by atoms with E-state index in [1.165, 1.54) is 4.88 Å². The van der Waals surface area contributed by atoms with E-state index in [1.54, 1.807) is 18.4 Å². The van der Waals surface area contributed by atoms with Gasteiger partial charge in [-0.2, -0.15) is 0 Å². The first kappa shape index (κ1) is 14.5. The van der Waals surface area contributed by atoms with Gasteiger partial charge in [0.1, 0.15) is 10.8 Å². The highest BCUT2D eigenvalue weighted by molar-refractivity contribution is 9.10. The molecule has 2 aromatic rings. The molecular formula is C14H17BrN2OS. The summed E-state index contributed by atoms with van der Waals surface area (Å²) < 4.78 is 6.43. The van der Waals surface area contributed by atoms with Crippen molar-refractivity contribution in [2.24, 2.45) is 0 Å². The molecule has 0 radical (unpaired) electrons. The molecule has 1 N–H and O–H groups in total. The Morgan fingerprint density at radius 3 is 2.95 bits per heavy atom. The summed E-state index contributed by atoms with van der Waals surface area (Å²) in [5, 5.41) is 4.38. The molecule has 0 spiro atoms. The molecule has 3 nitrogen and oxygen atoms in total. The van der Waals surface area contributed by atoms with Gasteiger partial charge < -0.3 is 10.1 Å². The molecule has 0 aliphatic rings. The molecule has 5 heteroatoms. The Balaban J connectivity index is 2.34. The number of halogens is 1. The maximum atomic E-state index is 5.40. The molecule has 0 amide bonds. The van der Waals surface area contributed by atoms with E-state index in [0.717, 1.165) is 27.3 Å². The van der Waals surface area contributed by atoms with Gasteiger partial charge in [0.2, 0.25) is 0 Å². The average Bonchev–Trinajstić information content (AvgIpc) is 2.88. The Bertz CT molecular complexity index is 556. The normalized spacial score (nSPS) is 12.4. The van der Waals surface area contributed by atoms with Crippen molar-refractivity contribution < 1.29 is 4.74 Å². The van der Waals surface area contributed by atoms with Crippen molar-refractivity contribution in [2.75, 3.05) is 13.7 Å². The maximum absolute atomic E-state index is 5.40. The first-order chi connectivity index (χ1) is 9.15. The van der Waals surface area contributed by atoms with Gasteiger partial charge in [0.05, 0.1) is 12.7 Å². The predicted octanol–water partition coefficient (Wildman–Crippen LogP) is 4.25. The minimum atomic E-state index is 0.328. The van der Waals surface area contributed by atoms with Gasteiger partial charge in [0, 0.05) is 21.6 Å². The van der Waals surface area contributed by atoms with Crippen LogP contribution in [0.4, 0.5) is 0 Å². The molecule has 0 bridgehead atoms. The monoisotopic (exact) mass is 340 g/mol. The topological polar surface area (TPSA) is 34.2 Å². The highest BCUT2D eigenvalue weighted by Gasteiger charge is 2.13. The second-order valence-corrected chi connectivity index (χ2v) is 6.17. The van der Waals surface area contributed by atoms with Crippen LogP contribution in [-0.2, 0) is 0 Å². The Labute approximate surface area is 126 Å². The van der Waals surface area contributed by atoms with Crippen molar-refractivity contribution in [3.63, 3.8) is 0 Å². The van der Waals surface area contributed by atoms with E-state index in [-0.39, 0.29) is 0 Å². The molecule has 1 atom stereocenters. The zero-order valence-corrected chi connectivity index (χ0v) is 13.6. The molecule has 1 heterocycles. The molecule has 1 aromatic heterocycles. The second-order valence-electron chi connectivity index (χ2n) is 4.19. The smallest absolute Gasteiger partial charge is 0.129 e. The Hall–Kier alpha value is -0.910. The van der Waals surface area contributed by atoms with Gasteiger partial charge in [-0.05, 0) is 31.7 Å². The van der Waals surface area contributed by atoms with Crippen molar-refractivity contribution >= 4 is 27.3 Å². The number of thiazole rings is 1. The number of nitrogens with zero attached hydrogens (tertiary/aromatic N) is 1. The molecule has 2 rings (SSSR count). The van der Waals surface area contributed by atoms with Crippen LogP contribution in [0.15, 0.2) is 28.9 Å². The maximum Gasteiger partial charge on any atom is 0.129 e. The van der Waals surface area contributed by atoms with Crippen molar-refractivity contribution in [3.8, 4) is 16.3 Å². The zero-order chi connectivity index (χ0) is 13.8. The summed E-state index contributed by atoms with van der Waals surface area (Å²) in [6.07, 6.45) is 1.94. The lowest BCUT2D eigenvalue weighted by Gasteiger charge is -2.08. The van der Waals surface area contributed by atoms with E-state index in [4.69, 9.17) is 4.74 Å². The summed E-state index contributed by atoms with van der Waals surface area (Å²) >= 11 is 5.19. The van der Waals surface area contributed by atoms with Gasteiger partial charge in [-0.1, -0.05) is 22.9 Å². The van der Waals surface area contributed by atoms with Gasteiger partial charge in [0.25, 0.3) is 0 Å². The van der Waals surface area contributed by atoms with Gasteiger partial charge in [-0.3, -0.25) is 0 Å². The molecule has 1 unspecified atom stereocenters. The number of aromatic nitrogens is 1. The van der Waals surface area contributed by atoms with Crippen LogP contribution in [0.2, 0.25) is 0 Å². The van der Waals surface area contributed by atoms with Gasteiger partial charge in [-0.25, -0.2) is 4.98 Å². The minimum absolute atomic E-state index is 0.328. The third-order valence-corrected chi connectivity index (χ3v) is 4.56. The standard InChI is InChI=1S/C14H17BrN2OS/c1-4-16-9(2)13-8-17-14(19-13)11-7-10(15)5-6-12(11)18-3/h5-9,16H,4H2,1-3H3. The van der Waals surface area contributed by atoms with E-state index < -0.39 is 0 Å². The first-order valence-electron chi connectivity index (χ1n) is 6.18. The van der Waals surface area contributed by atoms with Crippen LogP contribution in [0.5, 0.6) is 5.75 Å². The molecule has 19 heavy (non-hydrogen) atoms. The fourth-order valence-corrected chi connectivity index (χ4v) is 3.19. The number of methoxy groups -OCH3 is 1. The van der Waals surface area contributed by atoms with Gasteiger partial charge in [0.15, 0.2) is 0 Å². The Morgan fingerprint density at radius 2 is 2.26 bits per heavy atom. The van der Waals surface area contributed by atoms with Crippen molar-refractivity contribution in [1.29, 1.82) is 0 Å². The van der Waals surface area contributed by atoms with E-state index in [0.29, 0.717) is 6.04 Å². The van der Waals surface area contributed by atoms with Crippen LogP contribution in [-0.4, -0.2) is 18.6 Å². The summed E-state index contributed by atoms with van der Waals surface area (Å²) in [7, 11) is 1.68. The van der Waals surface area contributed by atoms with E-state index >= 15 is 0 Å². The third-order valence-electron chi connectivity index (χ3n) is 2.85. The predicted molar refractivity (Wildman–Crippen MR) is 83.9 cm³/mol. The van der Waals surface area contributed by atoms with Crippen LogP contribution in [0.1, 0.15) is 24.8 Å². The molecule has 1 aromatic carbocycles. The van der Waals surface area contributed by atoms with Crippen LogP contribution in [0.25, 0.3) is 10.6 Å². The van der Waals surface area contributed by atoms with Gasteiger partial charge in [-0.15, -0.1) is 11.3 Å². The van der Waals surface area contributed by atoms with Crippen molar-refractivity contribution in [1.82, 2.24) is 10.3 Å². The van der Waals surface area contributed by atoms with Crippen LogP contribution in [0.3, 0.4) is 0 Å². The largest absolute Gasteiger partial charge is 0.496 e. The quantitative estimate of drug-likeness (QED) is 0.883. The Morgan fingerprint density at radius 1 is 1.47 bits per heavy atom. The summed E-state index contributed by atoms with van der Waals surface area (Å²) in [4.78, 5) is 5.75. The third kappa shape index (κ3) is 3.35. The van der Waals surface area contributed by atoms with Gasteiger partial charge >= 0.3 is 0 Å². The number of hydrogen-bond acceptors (Lipinski definition) is 4. The number of benzene rings is 1. The Kier molecular flexibility index (Phi) is 4.96. The molecule has 0 aliphatic carbocycles. The first-order valence-corrected chi connectivity index (χ1v) is 7.79.